The summed E-state index contributed by atoms with van der Waals surface area (Å²) in [6, 6.07) is 10.9. The summed E-state index contributed by atoms with van der Waals surface area (Å²) in [6.45, 7) is 2.17. The number of hydrogen-bond acceptors (Lipinski definition) is 3. The van der Waals surface area contributed by atoms with Crippen LogP contribution in [0.5, 0.6) is 0 Å². The maximum Gasteiger partial charge on any atom is 0.222 e. The van der Waals surface area contributed by atoms with Crippen molar-refractivity contribution in [3.63, 3.8) is 0 Å². The van der Waals surface area contributed by atoms with Crippen molar-refractivity contribution in [1.29, 1.82) is 0 Å². The van der Waals surface area contributed by atoms with Gasteiger partial charge in [-0.1, -0.05) is 24.3 Å². The first-order valence-corrected chi connectivity index (χ1v) is 5.93. The summed E-state index contributed by atoms with van der Waals surface area (Å²) in [5, 5.41) is 3.37. The van der Waals surface area contributed by atoms with Crippen molar-refractivity contribution in [2.45, 2.75) is 25.3 Å². The molecule has 1 fully saturated rings. The third-order valence-electron chi connectivity index (χ3n) is 3.26. The number of benzene rings is 1. The Morgan fingerprint density at radius 2 is 1.88 bits per heavy atom. The van der Waals surface area contributed by atoms with Crippen LogP contribution in [0.4, 0.5) is 5.95 Å². The van der Waals surface area contributed by atoms with Gasteiger partial charge in [-0.3, -0.25) is 0 Å². The van der Waals surface area contributed by atoms with E-state index in [0.717, 1.165) is 5.95 Å². The molecular formula is C14H15N3. The average molecular weight is 225 g/mol. The molecule has 0 aliphatic heterocycles. The number of nitrogens with one attached hydrogen (secondary N) is 1. The first-order chi connectivity index (χ1) is 8.34. The van der Waals surface area contributed by atoms with Gasteiger partial charge in [0.2, 0.25) is 5.95 Å². The molecule has 0 radical (unpaired) electrons. The Kier molecular flexibility index (Phi) is 2.52. The van der Waals surface area contributed by atoms with Crippen molar-refractivity contribution in [2.75, 3.05) is 5.32 Å². The van der Waals surface area contributed by atoms with Gasteiger partial charge in [0.25, 0.3) is 0 Å². The zero-order valence-electron chi connectivity index (χ0n) is 9.80. The molecule has 3 heteroatoms. The quantitative estimate of drug-likeness (QED) is 0.872. The molecule has 86 valence electrons. The lowest BCUT2D eigenvalue weighted by atomic mass is 10.0. The lowest BCUT2D eigenvalue weighted by Gasteiger charge is -2.06. The van der Waals surface area contributed by atoms with E-state index in [0.29, 0.717) is 12.0 Å². The van der Waals surface area contributed by atoms with Gasteiger partial charge in [-0.25, -0.2) is 9.97 Å². The largest absolute Gasteiger partial charge is 0.351 e. The number of rotatable bonds is 3. The van der Waals surface area contributed by atoms with E-state index in [1.807, 2.05) is 6.07 Å². The number of nitrogens with zero attached hydrogens (tertiary/aromatic N) is 2. The highest BCUT2D eigenvalue weighted by Gasteiger charge is 2.39. The molecule has 0 amide bonds. The molecule has 1 saturated carbocycles. The van der Waals surface area contributed by atoms with E-state index in [1.165, 1.54) is 17.5 Å². The fourth-order valence-electron chi connectivity index (χ4n) is 2.24. The van der Waals surface area contributed by atoms with Crippen molar-refractivity contribution in [1.82, 2.24) is 9.97 Å². The van der Waals surface area contributed by atoms with Crippen LogP contribution in [-0.4, -0.2) is 16.0 Å². The molecule has 2 aromatic rings. The Hall–Kier alpha value is -1.90. The molecule has 1 aliphatic carbocycles. The van der Waals surface area contributed by atoms with Gasteiger partial charge in [-0.15, -0.1) is 0 Å². The van der Waals surface area contributed by atoms with E-state index in [9.17, 15) is 0 Å². The molecule has 1 aromatic carbocycles. The van der Waals surface area contributed by atoms with Gasteiger partial charge in [0.05, 0.1) is 0 Å². The smallest absolute Gasteiger partial charge is 0.222 e. The molecule has 3 nitrogen and oxygen atoms in total. The zero-order chi connectivity index (χ0) is 11.7. The second-order valence-corrected chi connectivity index (χ2v) is 4.52. The van der Waals surface area contributed by atoms with E-state index in [4.69, 9.17) is 0 Å². The van der Waals surface area contributed by atoms with Crippen molar-refractivity contribution in [2.24, 2.45) is 0 Å². The first kappa shape index (κ1) is 10.3. The van der Waals surface area contributed by atoms with Crippen molar-refractivity contribution in [3.05, 3.63) is 53.9 Å². The third kappa shape index (κ3) is 2.13. The maximum absolute atomic E-state index is 4.19. The SMILES string of the molecule is Cc1ccccc1[C@@H]1C[C@@H]1Nc1ncccn1. The van der Waals surface area contributed by atoms with Crippen LogP contribution in [0.3, 0.4) is 0 Å². The molecule has 0 spiro atoms. The highest BCUT2D eigenvalue weighted by molar-refractivity contribution is 5.40. The van der Waals surface area contributed by atoms with Gasteiger partial charge >= 0.3 is 0 Å². The van der Waals surface area contributed by atoms with Crippen molar-refractivity contribution in [3.8, 4) is 0 Å². The zero-order valence-corrected chi connectivity index (χ0v) is 9.80. The normalized spacial score (nSPS) is 22.2. The predicted octanol–water partition coefficient (Wildman–Crippen LogP) is 2.75. The fourth-order valence-corrected chi connectivity index (χ4v) is 2.24. The van der Waals surface area contributed by atoms with Crippen LogP contribution in [0, 0.1) is 6.92 Å². The number of anilines is 1. The van der Waals surface area contributed by atoms with E-state index in [-0.39, 0.29) is 0 Å². The van der Waals surface area contributed by atoms with Crippen LogP contribution >= 0.6 is 0 Å². The van der Waals surface area contributed by atoms with Crippen molar-refractivity contribution >= 4 is 5.95 Å². The second kappa shape index (κ2) is 4.17. The Balaban J connectivity index is 1.70. The van der Waals surface area contributed by atoms with Gasteiger partial charge in [0, 0.05) is 24.4 Å². The monoisotopic (exact) mass is 225 g/mol. The fraction of sp³-hybridized carbons (Fsp3) is 0.286. The molecular weight excluding hydrogens is 210 g/mol. The molecule has 3 rings (SSSR count). The summed E-state index contributed by atoms with van der Waals surface area (Å²) in [7, 11) is 0. The first-order valence-electron chi connectivity index (χ1n) is 5.93. The molecule has 0 unspecified atom stereocenters. The highest BCUT2D eigenvalue weighted by atomic mass is 15.1. The average Bonchev–Trinajstić information content (AvgIpc) is 3.10. The Morgan fingerprint density at radius 1 is 1.12 bits per heavy atom. The van der Waals surface area contributed by atoms with Gasteiger partial charge in [-0.05, 0) is 30.5 Å². The second-order valence-electron chi connectivity index (χ2n) is 4.52. The summed E-state index contributed by atoms with van der Waals surface area (Å²) in [6.07, 6.45) is 4.70. The van der Waals surface area contributed by atoms with Crippen LogP contribution in [-0.2, 0) is 0 Å². The summed E-state index contributed by atoms with van der Waals surface area (Å²) < 4.78 is 0. The molecule has 1 aliphatic rings. The standard InChI is InChI=1S/C14H15N3/c1-10-5-2-3-6-11(10)12-9-13(12)17-14-15-7-4-8-16-14/h2-8,12-13H,9H2,1H3,(H,15,16,17)/t12-,13-/m0/s1. The highest BCUT2D eigenvalue weighted by Crippen LogP contribution is 2.43. The lowest BCUT2D eigenvalue weighted by Crippen LogP contribution is -2.07. The minimum Gasteiger partial charge on any atom is -0.351 e. The molecule has 1 N–H and O–H groups in total. The third-order valence-corrected chi connectivity index (χ3v) is 3.26. The van der Waals surface area contributed by atoms with Gasteiger partial charge < -0.3 is 5.32 Å². The molecule has 1 heterocycles. The maximum atomic E-state index is 4.19. The minimum atomic E-state index is 0.485. The molecule has 1 aromatic heterocycles. The summed E-state index contributed by atoms with van der Waals surface area (Å²) in [5.74, 6) is 1.34. The number of aromatic nitrogens is 2. The van der Waals surface area contributed by atoms with Crippen LogP contribution in [0.25, 0.3) is 0 Å². The molecule has 0 saturated heterocycles. The van der Waals surface area contributed by atoms with E-state index in [2.05, 4.69) is 46.5 Å². The molecule has 0 bridgehead atoms. The topological polar surface area (TPSA) is 37.8 Å². The summed E-state index contributed by atoms with van der Waals surface area (Å²) in [5.41, 5.74) is 2.82. The van der Waals surface area contributed by atoms with Gasteiger partial charge in [0.15, 0.2) is 0 Å². The van der Waals surface area contributed by atoms with Crippen LogP contribution in [0.15, 0.2) is 42.7 Å². The predicted molar refractivity (Wildman–Crippen MR) is 68.0 cm³/mol. The Bertz CT molecular complexity index is 510. The molecule has 2 atom stereocenters. The van der Waals surface area contributed by atoms with E-state index in [1.54, 1.807) is 12.4 Å². The number of aryl methyl sites for hydroxylation is 1. The van der Waals surface area contributed by atoms with E-state index >= 15 is 0 Å². The lowest BCUT2D eigenvalue weighted by molar-refractivity contribution is 0.993. The van der Waals surface area contributed by atoms with Crippen LogP contribution < -0.4 is 5.32 Å². The van der Waals surface area contributed by atoms with Gasteiger partial charge in [-0.2, -0.15) is 0 Å². The van der Waals surface area contributed by atoms with Crippen LogP contribution in [0.1, 0.15) is 23.5 Å². The summed E-state index contributed by atoms with van der Waals surface area (Å²) in [4.78, 5) is 8.37. The number of hydrogen-bond donors (Lipinski definition) is 1. The minimum absolute atomic E-state index is 0.485. The van der Waals surface area contributed by atoms with E-state index < -0.39 is 0 Å². The molecule has 17 heavy (non-hydrogen) atoms. The van der Waals surface area contributed by atoms with Crippen molar-refractivity contribution < 1.29 is 0 Å². The summed E-state index contributed by atoms with van der Waals surface area (Å²) >= 11 is 0. The Labute approximate surface area is 101 Å². The Morgan fingerprint density at radius 3 is 2.65 bits per heavy atom. The van der Waals surface area contributed by atoms with Gasteiger partial charge in [0.1, 0.15) is 0 Å². The van der Waals surface area contributed by atoms with Crippen LogP contribution in [0.2, 0.25) is 0 Å².